The van der Waals surface area contributed by atoms with Crippen molar-refractivity contribution in [3.05, 3.63) is 0 Å². The molecule has 3 atom stereocenters. The van der Waals surface area contributed by atoms with Gasteiger partial charge in [0.15, 0.2) is 0 Å². The van der Waals surface area contributed by atoms with Crippen molar-refractivity contribution >= 4 is 0 Å². The Hall–Kier alpha value is -0.0800. The Morgan fingerprint density at radius 3 is 2.05 bits per heavy atom. The molecule has 3 rings (SSSR count). The number of fused-ring (bicyclic) bond motifs is 2. The molecule has 0 amide bonds. The maximum Gasteiger partial charge on any atom is 0.0546 e. The highest BCUT2D eigenvalue weighted by Crippen LogP contribution is 2.76. The number of hydrogen-bond donors (Lipinski definition) is 0. The van der Waals surface area contributed by atoms with Crippen LogP contribution in [0.5, 0.6) is 0 Å². The Kier molecular flexibility index (Phi) is 4.06. The van der Waals surface area contributed by atoms with Crippen LogP contribution in [-0.2, 0) is 9.47 Å². The smallest absolute Gasteiger partial charge is 0.0546 e. The quantitative estimate of drug-likeness (QED) is 0.721. The molecule has 3 aliphatic rings. The molecule has 3 unspecified atom stereocenters. The van der Waals surface area contributed by atoms with Crippen LogP contribution in [0.4, 0.5) is 0 Å². The van der Waals surface area contributed by atoms with Gasteiger partial charge in [-0.3, -0.25) is 0 Å². The van der Waals surface area contributed by atoms with Crippen LogP contribution in [0.15, 0.2) is 0 Å². The number of ether oxygens (including phenoxy) is 2. The molecule has 0 heterocycles. The van der Waals surface area contributed by atoms with Crippen LogP contribution in [0.3, 0.4) is 0 Å². The topological polar surface area (TPSA) is 18.5 Å². The van der Waals surface area contributed by atoms with Crippen molar-refractivity contribution in [2.75, 3.05) is 27.4 Å². The van der Waals surface area contributed by atoms with Crippen LogP contribution in [0.1, 0.15) is 53.4 Å². The van der Waals surface area contributed by atoms with Gasteiger partial charge in [0, 0.05) is 19.6 Å². The Morgan fingerprint density at radius 2 is 1.68 bits per heavy atom. The van der Waals surface area contributed by atoms with Gasteiger partial charge in [0.2, 0.25) is 0 Å². The summed E-state index contributed by atoms with van der Waals surface area (Å²) in [7, 11) is 3.68. The van der Waals surface area contributed by atoms with Gasteiger partial charge in [0.05, 0.1) is 13.2 Å². The van der Waals surface area contributed by atoms with Crippen LogP contribution >= 0.6 is 0 Å². The number of hydrogen-bond acceptors (Lipinski definition) is 2. The van der Waals surface area contributed by atoms with Gasteiger partial charge in [-0.15, -0.1) is 0 Å². The number of rotatable bonds is 6. The highest BCUT2D eigenvalue weighted by atomic mass is 16.5. The van der Waals surface area contributed by atoms with E-state index in [0.29, 0.717) is 10.8 Å². The minimum atomic E-state index is 0.177. The normalized spacial score (nSPS) is 36.9. The summed E-state index contributed by atoms with van der Waals surface area (Å²) in [5.41, 5.74) is 0.998. The third kappa shape index (κ3) is 1.75. The van der Waals surface area contributed by atoms with E-state index in [1.165, 1.54) is 19.3 Å². The van der Waals surface area contributed by atoms with Crippen LogP contribution in [-0.4, -0.2) is 27.4 Å². The third-order valence-corrected chi connectivity index (χ3v) is 6.99. The molecule has 112 valence electrons. The zero-order valence-corrected chi connectivity index (χ0v) is 13.7. The minimum Gasteiger partial charge on any atom is -0.384 e. The largest absolute Gasteiger partial charge is 0.384 e. The SMILES string of the molecule is CCC(COC)(COC)C12CC(CCC1C)C2(C)C. The zero-order chi connectivity index (χ0) is 14.3. The predicted octanol–water partition coefficient (Wildman–Crippen LogP) is 4.14. The van der Waals surface area contributed by atoms with Gasteiger partial charge in [0.1, 0.15) is 0 Å². The molecule has 19 heavy (non-hydrogen) atoms. The van der Waals surface area contributed by atoms with Crippen LogP contribution < -0.4 is 0 Å². The van der Waals surface area contributed by atoms with Gasteiger partial charge < -0.3 is 9.47 Å². The lowest BCUT2D eigenvalue weighted by molar-refractivity contribution is -0.285. The van der Waals surface area contributed by atoms with E-state index < -0.39 is 0 Å². The Balaban J connectivity index is 2.43. The average Bonchev–Trinajstić information content (AvgIpc) is 2.38. The van der Waals surface area contributed by atoms with Crippen LogP contribution in [0, 0.1) is 28.1 Å². The molecule has 2 bridgehead atoms. The van der Waals surface area contributed by atoms with Crippen LogP contribution in [0.25, 0.3) is 0 Å². The van der Waals surface area contributed by atoms with Crippen molar-refractivity contribution in [2.24, 2.45) is 28.1 Å². The first kappa shape index (κ1) is 15.3. The summed E-state index contributed by atoms with van der Waals surface area (Å²) < 4.78 is 11.3. The summed E-state index contributed by atoms with van der Waals surface area (Å²) in [6.07, 6.45) is 5.32. The molecule has 0 aliphatic heterocycles. The van der Waals surface area contributed by atoms with E-state index in [-0.39, 0.29) is 5.41 Å². The van der Waals surface area contributed by atoms with E-state index in [4.69, 9.17) is 9.47 Å². The summed E-state index contributed by atoms with van der Waals surface area (Å²) in [6, 6.07) is 0. The average molecular weight is 268 g/mol. The fourth-order valence-corrected chi connectivity index (χ4v) is 5.93. The molecule has 0 aromatic carbocycles. The summed E-state index contributed by atoms with van der Waals surface area (Å²) in [4.78, 5) is 0. The Bertz CT molecular complexity index is 317. The van der Waals surface area contributed by atoms with Gasteiger partial charge in [-0.2, -0.15) is 0 Å². The Labute approximate surface area is 119 Å². The van der Waals surface area contributed by atoms with Gasteiger partial charge in [-0.1, -0.05) is 27.7 Å². The van der Waals surface area contributed by atoms with Gasteiger partial charge in [0.25, 0.3) is 0 Å². The van der Waals surface area contributed by atoms with E-state index in [1.807, 2.05) is 14.2 Å². The van der Waals surface area contributed by atoms with Crippen molar-refractivity contribution in [3.8, 4) is 0 Å². The molecule has 0 aromatic rings. The van der Waals surface area contributed by atoms with Gasteiger partial charge in [-0.05, 0) is 48.3 Å². The molecule has 2 nitrogen and oxygen atoms in total. The molecule has 3 fully saturated rings. The molecule has 3 saturated carbocycles. The standard InChI is InChI=1S/C17H32O2/c1-7-16(11-18-5,12-19-6)17-10-14(15(17,3)4)9-8-13(17)2/h13-14H,7-12H2,1-6H3. The summed E-state index contributed by atoms with van der Waals surface area (Å²) in [5.74, 6) is 1.68. The molecule has 2 heteroatoms. The fourth-order valence-electron chi connectivity index (χ4n) is 5.93. The van der Waals surface area contributed by atoms with Crippen molar-refractivity contribution in [3.63, 3.8) is 0 Å². The van der Waals surface area contributed by atoms with Gasteiger partial charge >= 0.3 is 0 Å². The second-order valence-corrected chi connectivity index (χ2v) is 7.57. The van der Waals surface area contributed by atoms with E-state index in [9.17, 15) is 0 Å². The van der Waals surface area contributed by atoms with Crippen molar-refractivity contribution in [1.29, 1.82) is 0 Å². The molecule has 0 saturated heterocycles. The molecule has 0 radical (unpaired) electrons. The first-order chi connectivity index (χ1) is 8.91. The lowest BCUT2D eigenvalue weighted by Crippen LogP contribution is -2.70. The van der Waals surface area contributed by atoms with E-state index in [2.05, 4.69) is 27.7 Å². The van der Waals surface area contributed by atoms with E-state index in [1.54, 1.807) is 0 Å². The maximum absolute atomic E-state index is 5.66. The summed E-state index contributed by atoms with van der Waals surface area (Å²) >= 11 is 0. The molecule has 0 spiro atoms. The molecule has 3 aliphatic carbocycles. The number of methoxy groups -OCH3 is 2. The van der Waals surface area contributed by atoms with Gasteiger partial charge in [-0.25, -0.2) is 0 Å². The third-order valence-electron chi connectivity index (χ3n) is 6.99. The zero-order valence-electron chi connectivity index (χ0n) is 13.7. The van der Waals surface area contributed by atoms with Crippen LogP contribution in [0.2, 0.25) is 0 Å². The first-order valence-corrected chi connectivity index (χ1v) is 7.89. The summed E-state index contributed by atoms with van der Waals surface area (Å²) in [5, 5.41) is 0. The highest BCUT2D eigenvalue weighted by Gasteiger charge is 2.71. The fraction of sp³-hybridized carbons (Fsp3) is 1.00. The monoisotopic (exact) mass is 268 g/mol. The van der Waals surface area contributed by atoms with Crippen molar-refractivity contribution in [2.45, 2.75) is 53.4 Å². The van der Waals surface area contributed by atoms with Crippen molar-refractivity contribution < 1.29 is 9.47 Å². The highest BCUT2D eigenvalue weighted by molar-refractivity contribution is 5.19. The molecule has 0 aromatic heterocycles. The molecular formula is C17H32O2. The Morgan fingerprint density at radius 1 is 1.11 bits per heavy atom. The van der Waals surface area contributed by atoms with Crippen molar-refractivity contribution in [1.82, 2.24) is 0 Å². The minimum absolute atomic E-state index is 0.177. The lowest BCUT2D eigenvalue weighted by Gasteiger charge is -2.75. The summed E-state index contributed by atoms with van der Waals surface area (Å²) in [6.45, 7) is 11.4. The molecular weight excluding hydrogens is 236 g/mol. The lowest BCUT2D eigenvalue weighted by atomic mass is 9.30. The molecule has 0 N–H and O–H groups in total. The maximum atomic E-state index is 5.66. The predicted molar refractivity (Wildman–Crippen MR) is 79.2 cm³/mol. The first-order valence-electron chi connectivity index (χ1n) is 7.89. The van der Waals surface area contributed by atoms with E-state index >= 15 is 0 Å². The second-order valence-electron chi connectivity index (χ2n) is 7.57. The second kappa shape index (κ2) is 5.04. The van der Waals surface area contributed by atoms with E-state index in [0.717, 1.165) is 31.5 Å².